The summed E-state index contributed by atoms with van der Waals surface area (Å²) < 4.78 is 6.43. The molecule has 3 rings (SSSR count). The molecule has 2 unspecified atom stereocenters. The molecule has 0 amide bonds. The monoisotopic (exact) mass is 382 g/mol. The minimum absolute atomic E-state index is 0.166. The van der Waals surface area contributed by atoms with Gasteiger partial charge >= 0.3 is 158 Å². The summed E-state index contributed by atoms with van der Waals surface area (Å²) in [6.07, 6.45) is 0.729. The minimum atomic E-state index is -2.93. The fraction of sp³-hybridized carbons (Fsp3) is 0.136. The Kier molecular flexibility index (Phi) is 6.20. The molecule has 0 heterocycles. The van der Waals surface area contributed by atoms with Crippen molar-refractivity contribution < 1.29 is 9.32 Å². The fourth-order valence-corrected chi connectivity index (χ4v) is 7.09. The quantitative estimate of drug-likeness (QED) is 0.606. The molecule has 0 spiro atoms. The van der Waals surface area contributed by atoms with E-state index in [9.17, 15) is 4.79 Å². The van der Waals surface area contributed by atoms with Crippen molar-refractivity contribution in [3.8, 4) is 0 Å². The van der Waals surface area contributed by atoms with E-state index in [1.165, 1.54) is 0 Å². The SMILES string of the molecule is CCC(P)C(=O)O[PH](c1ccccc1)(c1ccccc1)c1ccccc1. The Morgan fingerprint density at radius 1 is 0.808 bits per heavy atom. The molecule has 3 aromatic carbocycles. The van der Waals surface area contributed by atoms with E-state index < -0.39 is 7.49 Å². The number of hydrogen-bond donors (Lipinski definition) is 0. The summed E-state index contributed by atoms with van der Waals surface area (Å²) >= 11 is 0. The van der Waals surface area contributed by atoms with E-state index in [2.05, 4.69) is 45.6 Å². The Balaban J connectivity index is 2.26. The van der Waals surface area contributed by atoms with Crippen molar-refractivity contribution in [1.29, 1.82) is 0 Å². The van der Waals surface area contributed by atoms with Gasteiger partial charge in [0.15, 0.2) is 0 Å². The summed E-state index contributed by atoms with van der Waals surface area (Å²) in [5.41, 5.74) is -0.210. The average Bonchev–Trinajstić information content (AvgIpc) is 2.73. The maximum absolute atomic E-state index is 12.9. The molecule has 3 aromatic rings. The third kappa shape index (κ3) is 3.73. The Labute approximate surface area is 158 Å². The first-order chi connectivity index (χ1) is 12.7. The van der Waals surface area contributed by atoms with Crippen LogP contribution in [0.15, 0.2) is 91.0 Å². The molecule has 0 aliphatic rings. The zero-order chi connectivity index (χ0) is 18.4. The number of rotatable bonds is 6. The van der Waals surface area contributed by atoms with Gasteiger partial charge in [-0.05, 0) is 0 Å². The first-order valence-electron chi connectivity index (χ1n) is 8.83. The van der Waals surface area contributed by atoms with E-state index in [1.807, 2.05) is 61.5 Å². The van der Waals surface area contributed by atoms with Crippen LogP contribution in [0.2, 0.25) is 0 Å². The average molecular weight is 382 g/mol. The van der Waals surface area contributed by atoms with E-state index >= 15 is 0 Å². The summed E-state index contributed by atoms with van der Waals surface area (Å²) in [5.74, 6) is -0.166. The molecule has 0 radical (unpaired) electrons. The Morgan fingerprint density at radius 2 is 1.15 bits per heavy atom. The standard InChI is InChI=1S/C22H24O2P2/c1-2-21(25)22(23)24-26(18-12-6-3-7-13-18,19-14-8-4-9-15-19)20-16-10-5-11-17-20/h3-17,21,26H,2,25H2,1H3. The van der Waals surface area contributed by atoms with Crippen LogP contribution in [-0.4, -0.2) is 11.6 Å². The van der Waals surface area contributed by atoms with Crippen LogP contribution in [0.1, 0.15) is 13.3 Å². The molecule has 0 N–H and O–H groups in total. The van der Waals surface area contributed by atoms with Gasteiger partial charge in [-0.25, -0.2) is 0 Å². The van der Waals surface area contributed by atoms with E-state index in [-0.39, 0.29) is 11.6 Å². The maximum atomic E-state index is 12.9. The molecule has 0 aliphatic heterocycles. The van der Waals surface area contributed by atoms with Gasteiger partial charge in [0.25, 0.3) is 0 Å². The Bertz CT molecular complexity index is 739. The molecular weight excluding hydrogens is 358 g/mol. The molecule has 0 saturated heterocycles. The summed E-state index contributed by atoms with van der Waals surface area (Å²) in [7, 11) is -0.317. The molecule has 0 saturated carbocycles. The second-order valence-electron chi connectivity index (χ2n) is 6.22. The summed E-state index contributed by atoms with van der Waals surface area (Å²) in [4.78, 5) is 12.9. The van der Waals surface area contributed by atoms with Gasteiger partial charge in [0, 0.05) is 0 Å². The molecular formula is C22H24O2P2. The van der Waals surface area contributed by atoms with Crippen molar-refractivity contribution in [1.82, 2.24) is 0 Å². The predicted molar refractivity (Wildman–Crippen MR) is 116 cm³/mol. The van der Waals surface area contributed by atoms with Crippen LogP contribution in [0.3, 0.4) is 0 Å². The van der Waals surface area contributed by atoms with Crippen molar-refractivity contribution >= 4 is 38.6 Å². The molecule has 26 heavy (non-hydrogen) atoms. The summed E-state index contributed by atoms with van der Waals surface area (Å²) in [6.45, 7) is 2.00. The van der Waals surface area contributed by atoms with Crippen molar-refractivity contribution in [2.45, 2.75) is 19.0 Å². The second-order valence-corrected chi connectivity index (χ2v) is 10.3. The predicted octanol–water partition coefficient (Wildman–Crippen LogP) is 3.82. The van der Waals surface area contributed by atoms with Crippen LogP contribution < -0.4 is 15.9 Å². The van der Waals surface area contributed by atoms with Gasteiger partial charge < -0.3 is 0 Å². The van der Waals surface area contributed by atoms with Gasteiger partial charge in [-0.15, -0.1) is 0 Å². The van der Waals surface area contributed by atoms with Crippen LogP contribution in [0.4, 0.5) is 0 Å². The van der Waals surface area contributed by atoms with Crippen LogP contribution >= 0.6 is 16.7 Å². The van der Waals surface area contributed by atoms with Gasteiger partial charge in [0.1, 0.15) is 0 Å². The number of carbonyl (C=O) groups is 1. The zero-order valence-electron chi connectivity index (χ0n) is 14.8. The van der Waals surface area contributed by atoms with Crippen molar-refractivity contribution in [3.63, 3.8) is 0 Å². The molecule has 0 aromatic heterocycles. The molecule has 0 bridgehead atoms. The third-order valence-corrected chi connectivity index (χ3v) is 9.23. The summed E-state index contributed by atoms with van der Waals surface area (Å²) in [5, 5.41) is 3.21. The Morgan fingerprint density at radius 3 is 1.46 bits per heavy atom. The molecule has 2 atom stereocenters. The van der Waals surface area contributed by atoms with Gasteiger partial charge in [0.05, 0.1) is 0 Å². The van der Waals surface area contributed by atoms with Crippen LogP contribution in [0.25, 0.3) is 0 Å². The molecule has 0 fully saturated rings. The van der Waals surface area contributed by atoms with Gasteiger partial charge in [-0.2, -0.15) is 0 Å². The van der Waals surface area contributed by atoms with E-state index in [0.717, 1.165) is 22.3 Å². The molecule has 2 nitrogen and oxygen atoms in total. The molecule has 4 heteroatoms. The fourth-order valence-electron chi connectivity index (χ4n) is 3.09. The van der Waals surface area contributed by atoms with Crippen LogP contribution in [0, 0.1) is 0 Å². The van der Waals surface area contributed by atoms with Crippen LogP contribution in [-0.2, 0) is 9.32 Å². The first-order valence-corrected chi connectivity index (χ1v) is 11.4. The van der Waals surface area contributed by atoms with Gasteiger partial charge in [-0.3, -0.25) is 0 Å². The van der Waals surface area contributed by atoms with Gasteiger partial charge in [-0.1, -0.05) is 0 Å². The Hall–Kier alpha value is -2.01. The van der Waals surface area contributed by atoms with E-state index in [0.29, 0.717) is 0 Å². The molecule has 134 valence electrons. The number of hydrogen-bond acceptors (Lipinski definition) is 2. The van der Waals surface area contributed by atoms with Gasteiger partial charge in [0.2, 0.25) is 0 Å². The van der Waals surface area contributed by atoms with Crippen LogP contribution in [0.5, 0.6) is 0 Å². The van der Waals surface area contributed by atoms with Crippen molar-refractivity contribution in [2.75, 3.05) is 0 Å². The number of carbonyl (C=O) groups excluding carboxylic acids is 1. The molecule has 0 aliphatic carbocycles. The van der Waals surface area contributed by atoms with E-state index in [1.54, 1.807) is 0 Å². The van der Waals surface area contributed by atoms with Crippen molar-refractivity contribution in [2.24, 2.45) is 0 Å². The van der Waals surface area contributed by atoms with E-state index in [4.69, 9.17) is 4.52 Å². The van der Waals surface area contributed by atoms with Crippen molar-refractivity contribution in [3.05, 3.63) is 91.0 Å². The first kappa shape index (κ1) is 18.8. The second kappa shape index (κ2) is 8.58. The summed E-state index contributed by atoms with van der Waals surface area (Å²) in [6, 6.07) is 30.5. The number of benzene rings is 3. The normalized spacial score (nSPS) is 13.0. The topological polar surface area (TPSA) is 26.3 Å². The third-order valence-electron chi connectivity index (χ3n) is 4.54. The zero-order valence-corrected chi connectivity index (χ0v) is 17.0.